The van der Waals surface area contributed by atoms with Gasteiger partial charge in [0, 0.05) is 10.0 Å². The average molecular weight is 500 g/mol. The molecule has 1 rings (SSSR count). The molecule has 0 unspecified atom stereocenters. The molecular formula is C21H30BrN3O6. The Morgan fingerprint density at radius 1 is 1.16 bits per heavy atom. The lowest BCUT2D eigenvalue weighted by Crippen LogP contribution is -2.47. The number of hydroxylamine groups is 2. The number of nitrogens with one attached hydrogen (secondary N) is 2. The third kappa shape index (κ3) is 8.29. The molecule has 0 saturated heterocycles. The van der Waals surface area contributed by atoms with Gasteiger partial charge in [-0.3, -0.25) is 19.6 Å². The van der Waals surface area contributed by atoms with Crippen molar-refractivity contribution < 1.29 is 29.1 Å². The number of unbranched alkanes of at least 4 members (excludes halogenated alkanes) is 2. The van der Waals surface area contributed by atoms with Crippen LogP contribution in [0.2, 0.25) is 0 Å². The Labute approximate surface area is 190 Å². The number of methoxy groups -OCH3 is 1. The summed E-state index contributed by atoms with van der Waals surface area (Å²) in [6, 6.07) is 3.81. The van der Waals surface area contributed by atoms with Crippen LogP contribution in [0, 0.1) is 5.92 Å². The van der Waals surface area contributed by atoms with Gasteiger partial charge in [0.25, 0.3) is 5.91 Å². The largest absolute Gasteiger partial charge is 0.465 e. The first-order valence-corrected chi connectivity index (χ1v) is 11.0. The average Bonchev–Trinajstić information content (AvgIpc) is 2.76. The third-order valence-electron chi connectivity index (χ3n) is 4.88. The third-order valence-corrected chi connectivity index (χ3v) is 5.34. The number of nitrogens with zero attached hydrogens (tertiary/aromatic N) is 1. The van der Waals surface area contributed by atoms with Gasteiger partial charge >= 0.3 is 5.97 Å². The van der Waals surface area contributed by atoms with Gasteiger partial charge in [-0.1, -0.05) is 49.0 Å². The van der Waals surface area contributed by atoms with Gasteiger partial charge in [0.1, 0.15) is 0 Å². The lowest BCUT2D eigenvalue weighted by Gasteiger charge is -2.29. The Balaban J connectivity index is 2.79. The van der Waals surface area contributed by atoms with Crippen molar-refractivity contribution in [2.45, 2.75) is 52.0 Å². The van der Waals surface area contributed by atoms with Gasteiger partial charge in [-0.2, -0.15) is 0 Å². The van der Waals surface area contributed by atoms with Crippen molar-refractivity contribution in [2.75, 3.05) is 13.8 Å². The summed E-state index contributed by atoms with van der Waals surface area (Å²) in [5, 5.41) is 15.6. The van der Waals surface area contributed by atoms with Crippen molar-refractivity contribution in [3.63, 3.8) is 0 Å². The number of halogens is 1. The lowest BCUT2D eigenvalue weighted by molar-refractivity contribution is -0.168. The number of carbonyl (C=O) groups excluding carboxylic acids is 4. The minimum absolute atomic E-state index is 0.148. The van der Waals surface area contributed by atoms with Crippen molar-refractivity contribution in [1.82, 2.24) is 15.7 Å². The fourth-order valence-corrected chi connectivity index (χ4v) is 3.74. The molecule has 1 aromatic carbocycles. The van der Waals surface area contributed by atoms with Crippen molar-refractivity contribution >= 4 is 40.1 Å². The van der Waals surface area contributed by atoms with Crippen molar-refractivity contribution in [1.29, 1.82) is 0 Å². The molecule has 1 aromatic rings. The number of benzene rings is 1. The van der Waals surface area contributed by atoms with Crippen molar-refractivity contribution in [2.24, 2.45) is 5.92 Å². The van der Waals surface area contributed by atoms with Crippen molar-refractivity contribution in [3.8, 4) is 0 Å². The summed E-state index contributed by atoms with van der Waals surface area (Å²) < 4.78 is 5.20. The van der Waals surface area contributed by atoms with E-state index in [1.807, 2.05) is 6.92 Å². The summed E-state index contributed by atoms with van der Waals surface area (Å²) >= 11 is 3.25. The molecule has 10 heteroatoms. The topological polar surface area (TPSA) is 125 Å². The van der Waals surface area contributed by atoms with E-state index in [-0.39, 0.29) is 23.7 Å². The van der Waals surface area contributed by atoms with E-state index in [1.54, 1.807) is 6.92 Å². The van der Waals surface area contributed by atoms with Crippen LogP contribution >= 0.6 is 15.9 Å². The van der Waals surface area contributed by atoms with Gasteiger partial charge in [0.05, 0.1) is 31.3 Å². The minimum atomic E-state index is -0.655. The van der Waals surface area contributed by atoms with Gasteiger partial charge < -0.3 is 15.4 Å². The van der Waals surface area contributed by atoms with E-state index >= 15 is 0 Å². The zero-order chi connectivity index (χ0) is 23.4. The molecule has 0 spiro atoms. The predicted molar refractivity (Wildman–Crippen MR) is 117 cm³/mol. The molecule has 0 aliphatic rings. The zero-order valence-electron chi connectivity index (χ0n) is 18.0. The van der Waals surface area contributed by atoms with Crippen LogP contribution < -0.4 is 10.6 Å². The molecule has 31 heavy (non-hydrogen) atoms. The number of hydrogen-bond acceptors (Lipinski definition) is 6. The van der Waals surface area contributed by atoms with Crippen LogP contribution in [0.3, 0.4) is 0 Å². The molecule has 0 aliphatic heterocycles. The van der Waals surface area contributed by atoms with E-state index in [2.05, 4.69) is 31.3 Å². The second-order valence-corrected chi connectivity index (χ2v) is 7.92. The number of esters is 1. The lowest BCUT2D eigenvalue weighted by atomic mass is 9.90. The van der Waals surface area contributed by atoms with E-state index in [1.165, 1.54) is 25.3 Å². The summed E-state index contributed by atoms with van der Waals surface area (Å²) in [4.78, 5) is 47.9. The highest BCUT2D eigenvalue weighted by Gasteiger charge is 2.30. The molecular weight excluding hydrogens is 470 g/mol. The highest BCUT2D eigenvalue weighted by Crippen LogP contribution is 2.20. The summed E-state index contributed by atoms with van der Waals surface area (Å²) in [7, 11) is 1.25. The van der Waals surface area contributed by atoms with Gasteiger partial charge in [0.2, 0.25) is 12.3 Å². The highest BCUT2D eigenvalue weighted by molar-refractivity contribution is 9.10. The van der Waals surface area contributed by atoms with Gasteiger partial charge in [-0.05, 0) is 31.0 Å². The molecule has 172 valence electrons. The molecule has 0 radical (unpaired) electrons. The fraction of sp³-hybridized carbons (Fsp3) is 0.524. The van der Waals surface area contributed by atoms with Gasteiger partial charge in [-0.25, -0.2) is 9.86 Å². The first-order chi connectivity index (χ1) is 14.8. The number of rotatable bonds is 13. The smallest absolute Gasteiger partial charge is 0.337 e. The Morgan fingerprint density at radius 3 is 2.42 bits per heavy atom. The van der Waals surface area contributed by atoms with Crippen LogP contribution in [0.4, 0.5) is 0 Å². The molecule has 3 N–H and O–H groups in total. The van der Waals surface area contributed by atoms with E-state index < -0.39 is 23.8 Å². The maximum absolute atomic E-state index is 12.7. The standard InChI is InChI=1S/C21H30BrN3O6/c1-4-6-7-8-17(18(5-2)25(30)13-26)20(28)24-12-23-19(27)14-9-15(21(29)31-3)11-16(22)10-14/h9-11,13,17-18,30H,4-8,12H2,1-3H3,(H,23,27)(H,24,28)/t17-,18-/m1/s1. The molecule has 0 fully saturated rings. The Morgan fingerprint density at radius 2 is 1.84 bits per heavy atom. The van der Waals surface area contributed by atoms with E-state index in [9.17, 15) is 24.4 Å². The Hall–Kier alpha value is -2.46. The summed E-state index contributed by atoms with van der Waals surface area (Å²) in [5.41, 5.74) is 0.433. The molecule has 0 aliphatic carbocycles. The predicted octanol–water partition coefficient (Wildman–Crippen LogP) is 2.86. The molecule has 3 amide bonds. The summed E-state index contributed by atoms with van der Waals surface area (Å²) in [6.45, 7) is 3.68. The minimum Gasteiger partial charge on any atom is -0.465 e. The quantitative estimate of drug-likeness (QED) is 0.0956. The normalized spacial score (nSPS) is 12.4. The fourth-order valence-electron chi connectivity index (χ4n) is 3.25. The molecule has 0 bridgehead atoms. The first-order valence-electron chi connectivity index (χ1n) is 10.2. The number of carbonyl (C=O) groups is 4. The monoisotopic (exact) mass is 499 g/mol. The second kappa shape index (κ2) is 13.8. The van der Waals surface area contributed by atoms with Crippen LogP contribution in [-0.2, 0) is 14.3 Å². The van der Waals surface area contributed by atoms with Crippen LogP contribution in [0.1, 0.15) is 66.7 Å². The summed E-state index contributed by atoms with van der Waals surface area (Å²) in [5.74, 6) is -2.04. The van der Waals surface area contributed by atoms with Crippen LogP contribution in [0.15, 0.2) is 22.7 Å². The number of amides is 3. The van der Waals surface area contributed by atoms with Gasteiger partial charge in [-0.15, -0.1) is 0 Å². The summed E-state index contributed by atoms with van der Waals surface area (Å²) in [6.07, 6.45) is 3.87. The maximum Gasteiger partial charge on any atom is 0.337 e. The molecule has 0 saturated carbocycles. The van der Waals surface area contributed by atoms with Crippen molar-refractivity contribution in [3.05, 3.63) is 33.8 Å². The van der Waals surface area contributed by atoms with Crippen LogP contribution in [-0.4, -0.2) is 54.3 Å². The molecule has 9 nitrogen and oxygen atoms in total. The Kier molecular flexibility index (Phi) is 11.8. The molecule has 0 aromatic heterocycles. The Bertz CT molecular complexity index is 773. The second-order valence-electron chi connectivity index (χ2n) is 7.01. The van der Waals surface area contributed by atoms with E-state index in [0.29, 0.717) is 28.8 Å². The van der Waals surface area contributed by atoms with E-state index in [0.717, 1.165) is 19.3 Å². The molecule has 0 heterocycles. The number of ether oxygens (including phenoxy) is 1. The van der Waals surface area contributed by atoms with E-state index in [4.69, 9.17) is 0 Å². The van der Waals surface area contributed by atoms with Crippen LogP contribution in [0.5, 0.6) is 0 Å². The zero-order valence-corrected chi connectivity index (χ0v) is 19.6. The van der Waals surface area contributed by atoms with Crippen LogP contribution in [0.25, 0.3) is 0 Å². The maximum atomic E-state index is 12.7. The number of hydrogen-bond donors (Lipinski definition) is 3. The van der Waals surface area contributed by atoms with Gasteiger partial charge in [0.15, 0.2) is 0 Å². The molecule has 2 atom stereocenters. The first kappa shape index (κ1) is 26.6. The highest BCUT2D eigenvalue weighted by atomic mass is 79.9. The SMILES string of the molecule is CCCCC[C@@H](C(=O)NCNC(=O)c1cc(Br)cc(C(=O)OC)c1)[C@@H](CC)N(O)C=O.